The number of hydrogen-bond acceptors (Lipinski definition) is 4. The highest BCUT2D eigenvalue weighted by molar-refractivity contribution is 7.89. The molecule has 1 aliphatic rings. The average Bonchev–Trinajstić information content (AvgIpc) is 2.81. The Bertz CT molecular complexity index is 1130. The van der Waals surface area contributed by atoms with Gasteiger partial charge >= 0.3 is 6.18 Å². The Kier molecular flexibility index (Phi) is 7.67. The molecule has 1 heterocycles. The number of halogens is 3. The lowest BCUT2D eigenvalue weighted by atomic mass is 10.1. The molecule has 1 aliphatic heterocycles. The van der Waals surface area contributed by atoms with E-state index < -0.39 is 33.7 Å². The molecule has 0 bridgehead atoms. The number of piperazine rings is 1. The first-order valence-corrected chi connectivity index (χ1v) is 12.2. The molecule has 1 N–H and O–H groups in total. The van der Waals surface area contributed by atoms with E-state index in [2.05, 4.69) is 5.32 Å². The molecule has 0 spiro atoms. The van der Waals surface area contributed by atoms with Crippen LogP contribution in [-0.4, -0.2) is 55.1 Å². The van der Waals surface area contributed by atoms with Crippen LogP contribution < -0.4 is 5.32 Å². The number of carbonyl (C=O) groups excluding carboxylic acids is 2. The summed E-state index contributed by atoms with van der Waals surface area (Å²) < 4.78 is 66.0. The molecule has 184 valence electrons. The molecule has 2 aromatic carbocycles. The molecule has 0 aromatic heterocycles. The smallest absolute Gasteiger partial charge is 0.351 e. The third-order valence-electron chi connectivity index (χ3n) is 5.77. The number of alkyl halides is 3. The normalized spacial score (nSPS) is 17.4. The molecule has 3 rings (SSSR count). The van der Waals surface area contributed by atoms with E-state index in [0.717, 1.165) is 28.4 Å². The van der Waals surface area contributed by atoms with Gasteiger partial charge in [0.1, 0.15) is 6.04 Å². The maximum Gasteiger partial charge on any atom is 0.416 e. The first-order valence-electron chi connectivity index (χ1n) is 10.7. The van der Waals surface area contributed by atoms with Crippen LogP contribution in [0.3, 0.4) is 0 Å². The van der Waals surface area contributed by atoms with Crippen LogP contribution in [0.5, 0.6) is 0 Å². The van der Waals surface area contributed by atoms with Crippen molar-refractivity contribution in [1.29, 1.82) is 0 Å². The highest BCUT2D eigenvalue weighted by atomic mass is 32.2. The van der Waals surface area contributed by atoms with Gasteiger partial charge in [-0.1, -0.05) is 31.2 Å². The third-order valence-corrected chi connectivity index (χ3v) is 7.69. The topological polar surface area (TPSA) is 86.8 Å². The lowest BCUT2D eigenvalue weighted by Crippen LogP contribution is -2.61. The Morgan fingerprint density at radius 3 is 2.12 bits per heavy atom. The number of sulfonamides is 1. The quantitative estimate of drug-likeness (QED) is 0.665. The van der Waals surface area contributed by atoms with Gasteiger partial charge in [0.15, 0.2) is 0 Å². The van der Waals surface area contributed by atoms with Gasteiger partial charge < -0.3 is 10.2 Å². The molecule has 0 saturated carbocycles. The van der Waals surface area contributed by atoms with E-state index >= 15 is 0 Å². The summed E-state index contributed by atoms with van der Waals surface area (Å²) in [6, 6.07) is 9.53. The highest BCUT2D eigenvalue weighted by Crippen LogP contribution is 2.29. The van der Waals surface area contributed by atoms with Crippen molar-refractivity contribution in [2.75, 3.05) is 19.6 Å². The summed E-state index contributed by atoms with van der Waals surface area (Å²) in [5.74, 6) is -0.926. The van der Waals surface area contributed by atoms with E-state index in [9.17, 15) is 31.2 Å². The number of hydrogen-bond donors (Lipinski definition) is 1. The summed E-state index contributed by atoms with van der Waals surface area (Å²) in [5.41, 5.74) is 0.578. The summed E-state index contributed by atoms with van der Waals surface area (Å²) in [7, 11) is -4.03. The van der Waals surface area contributed by atoms with Crippen molar-refractivity contribution in [3.05, 3.63) is 65.2 Å². The van der Waals surface area contributed by atoms with Crippen LogP contribution in [0, 0.1) is 0 Å². The lowest BCUT2D eigenvalue weighted by molar-refractivity contribution is -0.138. The second-order valence-electron chi connectivity index (χ2n) is 8.01. The minimum Gasteiger partial charge on any atom is -0.351 e. The molecule has 1 atom stereocenters. The van der Waals surface area contributed by atoms with Crippen molar-refractivity contribution < 1.29 is 31.2 Å². The Morgan fingerprint density at radius 1 is 1.00 bits per heavy atom. The van der Waals surface area contributed by atoms with Gasteiger partial charge in [-0.2, -0.15) is 17.5 Å². The van der Waals surface area contributed by atoms with Gasteiger partial charge in [-0.25, -0.2) is 8.42 Å². The van der Waals surface area contributed by atoms with Crippen LogP contribution >= 0.6 is 0 Å². The summed E-state index contributed by atoms with van der Waals surface area (Å²) in [6.45, 7) is 3.15. The molecule has 2 amide bonds. The minimum absolute atomic E-state index is 0.0431. The van der Waals surface area contributed by atoms with Gasteiger partial charge in [0, 0.05) is 33.1 Å². The van der Waals surface area contributed by atoms with Crippen LogP contribution in [0.15, 0.2) is 53.4 Å². The van der Waals surface area contributed by atoms with Crippen molar-refractivity contribution in [2.45, 2.75) is 43.9 Å². The first-order chi connectivity index (χ1) is 15.9. The Balaban J connectivity index is 1.80. The number of nitrogens with one attached hydrogen (secondary N) is 1. The van der Waals surface area contributed by atoms with Gasteiger partial charge in [-0.15, -0.1) is 0 Å². The average molecular weight is 498 g/mol. The maximum absolute atomic E-state index is 13.3. The number of amides is 2. The predicted octanol–water partition coefficient (Wildman–Crippen LogP) is 2.81. The second-order valence-corrected chi connectivity index (χ2v) is 9.90. The number of aryl methyl sites for hydroxylation is 1. The number of nitrogens with zero attached hydrogens (tertiary/aromatic N) is 2. The molecule has 1 unspecified atom stereocenters. The fourth-order valence-electron chi connectivity index (χ4n) is 3.70. The Hall–Kier alpha value is -2.92. The first kappa shape index (κ1) is 25.7. The molecule has 0 aliphatic carbocycles. The number of benzene rings is 2. The van der Waals surface area contributed by atoms with Crippen molar-refractivity contribution in [3.63, 3.8) is 0 Å². The van der Waals surface area contributed by atoms with Crippen LogP contribution in [0.1, 0.15) is 30.5 Å². The molecular formula is C23H26F3N3O4S. The van der Waals surface area contributed by atoms with Crippen molar-refractivity contribution in [3.8, 4) is 0 Å². The van der Waals surface area contributed by atoms with Crippen LogP contribution in [0.4, 0.5) is 13.2 Å². The molecule has 7 nitrogen and oxygen atoms in total. The zero-order valence-corrected chi connectivity index (χ0v) is 19.6. The fourth-order valence-corrected chi connectivity index (χ4v) is 5.27. The molecule has 34 heavy (non-hydrogen) atoms. The van der Waals surface area contributed by atoms with E-state index in [-0.39, 0.29) is 37.0 Å². The van der Waals surface area contributed by atoms with Crippen molar-refractivity contribution in [2.24, 2.45) is 0 Å². The van der Waals surface area contributed by atoms with Gasteiger partial charge in [0.25, 0.3) is 0 Å². The molecule has 1 saturated heterocycles. The summed E-state index contributed by atoms with van der Waals surface area (Å²) in [6.07, 6.45) is -3.73. The van der Waals surface area contributed by atoms with Crippen molar-refractivity contribution >= 4 is 21.8 Å². The Morgan fingerprint density at radius 2 is 1.59 bits per heavy atom. The predicted molar refractivity (Wildman–Crippen MR) is 119 cm³/mol. The van der Waals surface area contributed by atoms with Crippen LogP contribution in [-0.2, 0) is 38.8 Å². The van der Waals surface area contributed by atoms with Gasteiger partial charge in [-0.3, -0.25) is 9.59 Å². The third kappa shape index (κ3) is 5.76. The van der Waals surface area contributed by atoms with Gasteiger partial charge in [0.05, 0.1) is 10.5 Å². The van der Waals surface area contributed by atoms with E-state index in [4.69, 9.17) is 0 Å². The fraction of sp³-hybridized carbons (Fsp3) is 0.391. The maximum atomic E-state index is 13.3. The molecule has 0 radical (unpaired) electrons. The second kappa shape index (κ2) is 10.1. The summed E-state index contributed by atoms with van der Waals surface area (Å²) in [4.78, 5) is 26.4. The monoisotopic (exact) mass is 497 g/mol. The standard InChI is InChI=1S/C23H26F3N3O4S/c1-3-17-6-10-20(11-7-17)34(32,33)29-13-12-28(16(2)30)15-21(29)22(31)27-14-18-4-8-19(9-5-18)23(24,25)26/h4-11,21H,3,12-15H2,1-2H3,(H,27,31). The minimum atomic E-state index is -4.47. The van der Waals surface area contributed by atoms with Crippen LogP contribution in [0.2, 0.25) is 0 Å². The van der Waals surface area contributed by atoms with E-state index in [0.29, 0.717) is 5.56 Å². The van der Waals surface area contributed by atoms with Crippen molar-refractivity contribution in [1.82, 2.24) is 14.5 Å². The number of carbonyl (C=O) groups is 2. The molecular weight excluding hydrogens is 471 g/mol. The van der Waals surface area contributed by atoms with E-state index in [1.165, 1.54) is 36.1 Å². The Labute approximate surface area is 196 Å². The molecule has 11 heteroatoms. The summed E-state index contributed by atoms with van der Waals surface area (Å²) >= 11 is 0. The van der Waals surface area contributed by atoms with E-state index in [1.807, 2.05) is 6.92 Å². The van der Waals surface area contributed by atoms with Crippen LogP contribution in [0.25, 0.3) is 0 Å². The van der Waals surface area contributed by atoms with Gasteiger partial charge in [0.2, 0.25) is 21.8 Å². The zero-order chi connectivity index (χ0) is 25.1. The highest BCUT2D eigenvalue weighted by Gasteiger charge is 2.40. The molecule has 1 fully saturated rings. The lowest BCUT2D eigenvalue weighted by Gasteiger charge is -2.39. The zero-order valence-electron chi connectivity index (χ0n) is 18.8. The summed E-state index contributed by atoms with van der Waals surface area (Å²) in [5, 5.41) is 2.59. The van der Waals surface area contributed by atoms with Gasteiger partial charge in [-0.05, 0) is 41.8 Å². The number of rotatable bonds is 6. The SMILES string of the molecule is CCc1ccc(S(=O)(=O)N2CCN(C(C)=O)CC2C(=O)NCc2ccc(C(F)(F)F)cc2)cc1. The molecule has 2 aromatic rings. The largest absolute Gasteiger partial charge is 0.416 e. The van der Waals surface area contributed by atoms with E-state index in [1.54, 1.807) is 12.1 Å².